The van der Waals surface area contributed by atoms with Gasteiger partial charge in [-0.2, -0.15) is 9.61 Å². The van der Waals surface area contributed by atoms with Crippen LogP contribution < -0.4 is 11.1 Å². The molecule has 1 aliphatic heterocycles. The highest BCUT2D eigenvalue weighted by Gasteiger charge is 2.42. The zero-order valence-corrected chi connectivity index (χ0v) is 26.1. The van der Waals surface area contributed by atoms with E-state index in [1.54, 1.807) is 30.7 Å². The maximum Gasteiger partial charge on any atom is 0.229 e. The number of benzene rings is 1. The number of rotatable bonds is 10. The fourth-order valence-corrected chi connectivity index (χ4v) is 6.70. The van der Waals surface area contributed by atoms with Gasteiger partial charge in [-0.3, -0.25) is 4.98 Å². The van der Waals surface area contributed by atoms with Gasteiger partial charge < -0.3 is 25.3 Å². The number of nitrogens with two attached hydrogens (primary N) is 1. The normalized spacial score (nSPS) is 23.2. The number of fused-ring (bicyclic) bond motifs is 1. The fourth-order valence-electron chi connectivity index (χ4n) is 6.30. The average molecular weight is 643 g/mol. The molecule has 0 amide bonds. The van der Waals surface area contributed by atoms with E-state index in [9.17, 15) is 8.42 Å². The van der Waals surface area contributed by atoms with Gasteiger partial charge in [0.1, 0.15) is 27.1 Å². The van der Waals surface area contributed by atoms with E-state index in [1.807, 2.05) is 6.07 Å². The smallest absolute Gasteiger partial charge is 0.229 e. The second kappa shape index (κ2) is 12.3. The number of aromatic nitrogens is 4. The van der Waals surface area contributed by atoms with Crippen LogP contribution in [-0.4, -0.2) is 79.1 Å². The molecule has 0 radical (unpaired) electrons. The summed E-state index contributed by atoms with van der Waals surface area (Å²) in [6.07, 6.45) is 7.35. The quantitative estimate of drug-likeness (QED) is 0.261. The van der Waals surface area contributed by atoms with Crippen molar-refractivity contribution < 1.29 is 31.4 Å². The Hall–Kier alpha value is -3.56. The maximum absolute atomic E-state index is 15.4. The molecule has 4 atom stereocenters. The zero-order valence-electron chi connectivity index (χ0n) is 25.2. The Labute approximate surface area is 260 Å². The Morgan fingerprint density at radius 1 is 1.16 bits per heavy atom. The van der Waals surface area contributed by atoms with Crippen molar-refractivity contribution in [3.63, 3.8) is 0 Å². The molecule has 4 heterocycles. The zero-order chi connectivity index (χ0) is 31.9. The number of imidazole rings is 1. The topological polar surface area (TPSA) is 143 Å². The van der Waals surface area contributed by atoms with Crippen molar-refractivity contribution in [1.82, 2.24) is 19.6 Å². The Kier molecular flexibility index (Phi) is 8.61. The molecule has 240 valence electrons. The minimum Gasteiger partial charge on any atom is -0.375 e. The molecule has 2 aliphatic rings. The molecular weight excluding hydrogens is 606 g/mol. The van der Waals surface area contributed by atoms with Crippen molar-refractivity contribution in [2.45, 2.75) is 43.4 Å². The molecule has 6 rings (SSSR count). The number of nitrogens with zero attached hydrogens (tertiary/aromatic N) is 4. The average Bonchev–Trinajstić information content (AvgIpc) is 3.35. The molecule has 1 aliphatic carbocycles. The predicted molar refractivity (Wildman–Crippen MR) is 164 cm³/mol. The third-order valence-corrected chi connectivity index (χ3v) is 9.68. The van der Waals surface area contributed by atoms with Crippen LogP contribution in [-0.2, 0) is 29.6 Å². The van der Waals surface area contributed by atoms with Crippen LogP contribution in [0.3, 0.4) is 0 Å². The number of halogens is 2. The van der Waals surface area contributed by atoms with Crippen molar-refractivity contribution >= 4 is 27.0 Å². The largest absolute Gasteiger partial charge is 0.375 e. The van der Waals surface area contributed by atoms with Crippen LogP contribution in [0.1, 0.15) is 36.8 Å². The molecule has 1 aromatic carbocycles. The maximum atomic E-state index is 15.4. The van der Waals surface area contributed by atoms with Gasteiger partial charge in [0.15, 0.2) is 0 Å². The lowest BCUT2D eigenvalue weighted by atomic mass is 9.74. The minimum atomic E-state index is -3.13. The highest BCUT2D eigenvalue weighted by molar-refractivity contribution is 7.90. The van der Waals surface area contributed by atoms with Crippen molar-refractivity contribution in [2.24, 2.45) is 11.7 Å². The molecule has 2 fully saturated rings. The summed E-state index contributed by atoms with van der Waals surface area (Å²) in [4.78, 5) is 8.78. The summed E-state index contributed by atoms with van der Waals surface area (Å²) < 4.78 is 72.0. The Morgan fingerprint density at radius 2 is 1.91 bits per heavy atom. The van der Waals surface area contributed by atoms with Gasteiger partial charge in [-0.1, -0.05) is 6.92 Å². The first-order valence-electron chi connectivity index (χ1n) is 14.7. The van der Waals surface area contributed by atoms with Crippen molar-refractivity contribution in [2.75, 3.05) is 44.3 Å². The summed E-state index contributed by atoms with van der Waals surface area (Å²) in [5.74, 6) is -1.06. The lowest BCUT2D eigenvalue weighted by molar-refractivity contribution is -0.202. The molecule has 3 aromatic heterocycles. The van der Waals surface area contributed by atoms with E-state index in [1.165, 1.54) is 30.0 Å². The fraction of sp³-hybridized carbons (Fsp3) is 0.452. The molecule has 45 heavy (non-hydrogen) atoms. The summed E-state index contributed by atoms with van der Waals surface area (Å²) in [5.41, 5.74) is 8.19. The summed E-state index contributed by atoms with van der Waals surface area (Å²) in [5, 5.41) is 7.86. The standard InChI is InChI=1S/C31H36F2N6O5S/c1-18-10-19(11-25(34)29(18)44-8-9-45(3,40)41)22-6-7-35-15-27(22)37-30-36-14-21-4-5-26(38-39(21)30)28-23(32)12-20(13-24(28)33)31(42-2)16-43-17-31/h4-7,12-15,18-19,25,29H,8-11,16-17,34H2,1-3H3,(H,36,37)/t18-,19+,25+,29-/m0/s1. The number of pyridine rings is 1. The number of sulfone groups is 1. The number of ether oxygens (including phenoxy) is 3. The van der Waals surface area contributed by atoms with Crippen LogP contribution in [0.5, 0.6) is 0 Å². The van der Waals surface area contributed by atoms with E-state index in [4.69, 9.17) is 19.9 Å². The van der Waals surface area contributed by atoms with E-state index in [2.05, 4.69) is 27.3 Å². The molecular formula is C31H36F2N6O5S. The lowest BCUT2D eigenvalue weighted by Crippen LogP contribution is -2.48. The van der Waals surface area contributed by atoms with Crippen molar-refractivity contribution in [1.29, 1.82) is 0 Å². The first kappa shape index (κ1) is 31.4. The Bertz CT molecular complexity index is 1770. The van der Waals surface area contributed by atoms with E-state index in [-0.39, 0.29) is 60.8 Å². The number of hydrogen-bond donors (Lipinski definition) is 2. The highest BCUT2D eigenvalue weighted by Crippen LogP contribution is 2.40. The van der Waals surface area contributed by atoms with E-state index in [0.29, 0.717) is 29.1 Å². The first-order valence-corrected chi connectivity index (χ1v) is 16.8. The van der Waals surface area contributed by atoms with Gasteiger partial charge in [0.05, 0.1) is 66.5 Å². The van der Waals surface area contributed by atoms with Gasteiger partial charge in [-0.15, -0.1) is 0 Å². The molecule has 0 spiro atoms. The molecule has 0 unspecified atom stereocenters. The number of nitrogens with one attached hydrogen (secondary N) is 1. The summed E-state index contributed by atoms with van der Waals surface area (Å²) in [6.45, 7) is 2.60. The van der Waals surface area contributed by atoms with Crippen LogP contribution in [0.4, 0.5) is 20.4 Å². The van der Waals surface area contributed by atoms with Gasteiger partial charge in [0.2, 0.25) is 5.95 Å². The molecule has 0 bridgehead atoms. The first-order chi connectivity index (χ1) is 21.5. The van der Waals surface area contributed by atoms with Gasteiger partial charge >= 0.3 is 0 Å². The highest BCUT2D eigenvalue weighted by atomic mass is 32.2. The van der Waals surface area contributed by atoms with Crippen LogP contribution in [0.15, 0.2) is 48.9 Å². The van der Waals surface area contributed by atoms with E-state index in [0.717, 1.165) is 12.0 Å². The van der Waals surface area contributed by atoms with Gasteiger partial charge in [0.25, 0.3) is 0 Å². The van der Waals surface area contributed by atoms with Crippen LogP contribution >= 0.6 is 0 Å². The third-order valence-electron chi connectivity index (χ3n) is 8.77. The van der Waals surface area contributed by atoms with Gasteiger partial charge in [-0.25, -0.2) is 22.2 Å². The van der Waals surface area contributed by atoms with Crippen LogP contribution in [0, 0.1) is 17.6 Å². The Balaban J connectivity index is 1.24. The van der Waals surface area contributed by atoms with Crippen molar-refractivity contribution in [3.8, 4) is 11.3 Å². The van der Waals surface area contributed by atoms with Gasteiger partial charge in [0, 0.05) is 25.6 Å². The molecule has 11 nitrogen and oxygen atoms in total. The number of methoxy groups -OCH3 is 1. The summed E-state index contributed by atoms with van der Waals surface area (Å²) >= 11 is 0. The summed E-state index contributed by atoms with van der Waals surface area (Å²) in [6, 6.07) is 7.42. The molecule has 1 saturated heterocycles. The third kappa shape index (κ3) is 6.29. The van der Waals surface area contributed by atoms with E-state index >= 15 is 8.78 Å². The monoisotopic (exact) mass is 642 g/mol. The SMILES string of the molecule is COC1(c2cc(F)c(-c3ccc4cnc(Nc5cnccc5[C@H]5C[C@@H](N)[C@@H](OCCS(C)(=O)=O)[C@@H](C)C5)n4n3)c(F)c2)COC1. The minimum absolute atomic E-state index is 0.0483. The molecule has 4 aromatic rings. The number of anilines is 2. The second-order valence-electron chi connectivity index (χ2n) is 12.0. The Morgan fingerprint density at radius 3 is 2.56 bits per heavy atom. The van der Waals surface area contributed by atoms with E-state index < -0.39 is 27.1 Å². The number of hydrogen-bond acceptors (Lipinski definition) is 10. The van der Waals surface area contributed by atoms with Crippen LogP contribution in [0.25, 0.3) is 16.8 Å². The van der Waals surface area contributed by atoms with Crippen LogP contribution in [0.2, 0.25) is 0 Å². The predicted octanol–water partition coefficient (Wildman–Crippen LogP) is 3.96. The van der Waals surface area contributed by atoms with Crippen molar-refractivity contribution in [3.05, 3.63) is 71.7 Å². The second-order valence-corrected chi connectivity index (χ2v) is 14.3. The molecule has 1 saturated carbocycles. The van der Waals surface area contributed by atoms with Gasteiger partial charge in [-0.05, 0) is 66.1 Å². The molecule has 3 N–H and O–H groups in total. The lowest BCUT2D eigenvalue weighted by Gasteiger charge is -2.40. The summed E-state index contributed by atoms with van der Waals surface area (Å²) in [7, 11) is -1.64. The molecule has 14 heteroatoms.